The number of carbonyl (C=O) groups excluding carboxylic acids is 1. The Bertz CT molecular complexity index is 788. The molecule has 0 aromatic carbocycles. The van der Waals surface area contributed by atoms with E-state index >= 15 is 0 Å². The second-order valence-electron chi connectivity index (χ2n) is 6.93. The van der Waals surface area contributed by atoms with Crippen LogP contribution in [-0.2, 0) is 4.79 Å². The maximum absolute atomic E-state index is 12.6. The highest BCUT2D eigenvalue weighted by Crippen LogP contribution is 2.31. The third kappa shape index (κ3) is 3.51. The molecule has 2 aromatic heterocycles. The summed E-state index contributed by atoms with van der Waals surface area (Å²) in [5, 5.41) is 2.64. The smallest absolute Gasteiger partial charge is 0.251 e. The van der Waals surface area contributed by atoms with Crippen molar-refractivity contribution in [1.29, 1.82) is 0 Å². The van der Waals surface area contributed by atoms with Gasteiger partial charge in [-0.1, -0.05) is 12.8 Å². The Morgan fingerprint density at radius 2 is 1.96 bits per heavy atom. The lowest BCUT2D eigenvalue weighted by Gasteiger charge is -2.33. The number of aromatic nitrogens is 3. The molecule has 1 amide bonds. The van der Waals surface area contributed by atoms with Gasteiger partial charge in [-0.2, -0.15) is 0 Å². The highest BCUT2D eigenvalue weighted by Gasteiger charge is 2.31. The summed E-state index contributed by atoms with van der Waals surface area (Å²) in [4.78, 5) is 38.3. The minimum absolute atomic E-state index is 0.139. The lowest BCUT2D eigenvalue weighted by molar-refractivity contribution is -0.136. The van der Waals surface area contributed by atoms with Crippen LogP contribution in [0.4, 0.5) is 0 Å². The fraction of sp³-hybridized carbons (Fsp3) is 0.556. The first kappa shape index (κ1) is 16.4. The normalized spacial score (nSPS) is 19.4. The first-order valence-electron chi connectivity index (χ1n) is 9.00. The third-order valence-corrected chi connectivity index (χ3v) is 6.10. The standard InChI is InChI=1S/C18H22N4O2S/c23-15-11-14(17-19-7-10-25-17)20-16(21-15)12-5-8-22(9-6-12)18(24)13-3-1-2-4-13/h7,10-13H,1-6,8-9H2,(H,20,21,23). The van der Waals surface area contributed by atoms with E-state index in [-0.39, 0.29) is 17.4 Å². The van der Waals surface area contributed by atoms with Gasteiger partial charge in [0.25, 0.3) is 5.56 Å². The first-order valence-corrected chi connectivity index (χ1v) is 9.88. The predicted octanol–water partition coefficient (Wildman–Crippen LogP) is 2.79. The molecule has 0 bridgehead atoms. The number of H-pyrrole nitrogens is 1. The van der Waals surface area contributed by atoms with E-state index in [1.54, 1.807) is 6.20 Å². The molecule has 2 fully saturated rings. The zero-order valence-electron chi connectivity index (χ0n) is 14.1. The van der Waals surface area contributed by atoms with Crippen molar-refractivity contribution in [3.63, 3.8) is 0 Å². The Balaban J connectivity index is 1.45. The van der Waals surface area contributed by atoms with E-state index in [9.17, 15) is 9.59 Å². The molecule has 0 atom stereocenters. The molecule has 1 N–H and O–H groups in total. The Kier molecular flexibility index (Phi) is 4.65. The number of likely N-dealkylation sites (tertiary alicyclic amines) is 1. The summed E-state index contributed by atoms with van der Waals surface area (Å²) in [6, 6.07) is 1.50. The maximum Gasteiger partial charge on any atom is 0.251 e. The van der Waals surface area contributed by atoms with E-state index in [2.05, 4.69) is 15.0 Å². The molecule has 132 valence electrons. The van der Waals surface area contributed by atoms with Crippen LogP contribution in [0.3, 0.4) is 0 Å². The molecular formula is C18H22N4O2S. The minimum Gasteiger partial charge on any atom is -0.342 e. The number of piperidine rings is 1. The van der Waals surface area contributed by atoms with Crippen LogP contribution < -0.4 is 5.56 Å². The number of nitrogens with one attached hydrogen (secondary N) is 1. The molecule has 1 saturated heterocycles. The van der Waals surface area contributed by atoms with E-state index in [0.717, 1.165) is 49.6 Å². The van der Waals surface area contributed by atoms with E-state index in [0.29, 0.717) is 11.6 Å². The second kappa shape index (κ2) is 7.07. The van der Waals surface area contributed by atoms with Gasteiger partial charge in [0.15, 0.2) is 0 Å². The number of hydrogen-bond donors (Lipinski definition) is 1. The van der Waals surface area contributed by atoms with Gasteiger partial charge in [0.2, 0.25) is 5.91 Å². The van der Waals surface area contributed by atoms with E-state index in [4.69, 9.17) is 0 Å². The second-order valence-corrected chi connectivity index (χ2v) is 7.83. The van der Waals surface area contributed by atoms with Crippen molar-refractivity contribution in [1.82, 2.24) is 19.9 Å². The highest BCUT2D eigenvalue weighted by molar-refractivity contribution is 7.13. The summed E-state index contributed by atoms with van der Waals surface area (Å²) in [6.07, 6.45) is 7.87. The molecule has 25 heavy (non-hydrogen) atoms. The molecule has 1 aliphatic heterocycles. The highest BCUT2D eigenvalue weighted by atomic mass is 32.1. The van der Waals surface area contributed by atoms with Crippen molar-refractivity contribution in [2.45, 2.75) is 44.4 Å². The summed E-state index contributed by atoms with van der Waals surface area (Å²) in [6.45, 7) is 1.51. The molecule has 2 aliphatic rings. The largest absolute Gasteiger partial charge is 0.342 e. The Morgan fingerprint density at radius 1 is 1.20 bits per heavy atom. The number of rotatable bonds is 3. The van der Waals surface area contributed by atoms with Crippen LogP contribution >= 0.6 is 11.3 Å². The van der Waals surface area contributed by atoms with Gasteiger partial charge in [-0.05, 0) is 25.7 Å². The van der Waals surface area contributed by atoms with Crippen LogP contribution in [0.5, 0.6) is 0 Å². The van der Waals surface area contributed by atoms with Crippen LogP contribution in [0.2, 0.25) is 0 Å². The summed E-state index contributed by atoms with van der Waals surface area (Å²) < 4.78 is 0. The van der Waals surface area contributed by atoms with E-state index < -0.39 is 0 Å². The summed E-state index contributed by atoms with van der Waals surface area (Å²) >= 11 is 1.48. The lowest BCUT2D eigenvalue weighted by atomic mass is 9.94. The maximum atomic E-state index is 12.6. The number of hydrogen-bond acceptors (Lipinski definition) is 5. The van der Waals surface area contributed by atoms with Crippen LogP contribution in [0.1, 0.15) is 50.3 Å². The molecule has 4 rings (SSSR count). The van der Waals surface area contributed by atoms with Gasteiger partial charge in [0.05, 0.1) is 0 Å². The van der Waals surface area contributed by atoms with Gasteiger partial charge in [-0.3, -0.25) is 9.59 Å². The Morgan fingerprint density at radius 3 is 2.64 bits per heavy atom. The van der Waals surface area contributed by atoms with Crippen molar-refractivity contribution in [3.05, 3.63) is 33.8 Å². The number of aromatic amines is 1. The molecule has 0 radical (unpaired) electrons. The van der Waals surface area contributed by atoms with Gasteiger partial charge in [-0.25, -0.2) is 9.97 Å². The summed E-state index contributed by atoms with van der Waals surface area (Å²) in [5.41, 5.74) is 0.498. The van der Waals surface area contributed by atoms with Gasteiger partial charge >= 0.3 is 0 Å². The fourth-order valence-corrected chi connectivity index (χ4v) is 4.53. The number of thiazole rings is 1. The zero-order valence-corrected chi connectivity index (χ0v) is 14.9. The summed E-state index contributed by atoms with van der Waals surface area (Å²) in [5.74, 6) is 1.49. The Labute approximate surface area is 150 Å². The van der Waals surface area contributed by atoms with Crippen molar-refractivity contribution < 1.29 is 4.79 Å². The molecular weight excluding hydrogens is 336 g/mol. The zero-order chi connectivity index (χ0) is 17.2. The van der Waals surface area contributed by atoms with E-state index in [1.807, 2.05) is 10.3 Å². The average molecular weight is 358 g/mol. The monoisotopic (exact) mass is 358 g/mol. The van der Waals surface area contributed by atoms with Crippen molar-refractivity contribution in [2.24, 2.45) is 5.92 Å². The van der Waals surface area contributed by atoms with Crippen molar-refractivity contribution >= 4 is 17.2 Å². The predicted molar refractivity (Wildman–Crippen MR) is 96.5 cm³/mol. The number of amides is 1. The number of carbonyl (C=O) groups is 1. The van der Waals surface area contributed by atoms with Crippen LogP contribution in [0.15, 0.2) is 22.4 Å². The molecule has 0 unspecified atom stereocenters. The molecule has 1 saturated carbocycles. The fourth-order valence-electron chi connectivity index (χ4n) is 3.93. The van der Waals surface area contributed by atoms with Crippen LogP contribution in [-0.4, -0.2) is 38.8 Å². The number of nitrogens with zero attached hydrogens (tertiary/aromatic N) is 3. The molecule has 0 spiro atoms. The third-order valence-electron chi connectivity index (χ3n) is 5.31. The Hall–Kier alpha value is -2.02. The molecule has 3 heterocycles. The van der Waals surface area contributed by atoms with Gasteiger partial charge in [-0.15, -0.1) is 11.3 Å². The van der Waals surface area contributed by atoms with Crippen molar-refractivity contribution in [3.8, 4) is 10.7 Å². The minimum atomic E-state index is -0.139. The molecule has 6 nitrogen and oxygen atoms in total. The van der Waals surface area contributed by atoms with Gasteiger partial charge in [0, 0.05) is 42.6 Å². The quantitative estimate of drug-likeness (QED) is 0.915. The molecule has 1 aliphatic carbocycles. The lowest BCUT2D eigenvalue weighted by Crippen LogP contribution is -2.41. The topological polar surface area (TPSA) is 79.0 Å². The van der Waals surface area contributed by atoms with Gasteiger partial charge in [0.1, 0.15) is 16.5 Å². The van der Waals surface area contributed by atoms with Crippen molar-refractivity contribution in [2.75, 3.05) is 13.1 Å². The van der Waals surface area contributed by atoms with Crippen LogP contribution in [0.25, 0.3) is 10.7 Å². The molecule has 2 aromatic rings. The molecule has 7 heteroatoms. The average Bonchev–Trinajstić information content (AvgIpc) is 3.34. The van der Waals surface area contributed by atoms with Crippen LogP contribution in [0, 0.1) is 5.92 Å². The first-order chi connectivity index (χ1) is 12.2. The van der Waals surface area contributed by atoms with E-state index in [1.165, 1.54) is 30.2 Å². The summed E-state index contributed by atoms with van der Waals surface area (Å²) in [7, 11) is 0. The van der Waals surface area contributed by atoms with Gasteiger partial charge < -0.3 is 9.88 Å². The SMILES string of the molecule is O=C(C1CCCC1)N1CCC(c2nc(-c3nccs3)cc(=O)[nH]2)CC1.